The maximum absolute atomic E-state index is 11.1. The van der Waals surface area contributed by atoms with E-state index in [2.05, 4.69) is 9.71 Å². The Hall–Kier alpha value is -1.88. The van der Waals surface area contributed by atoms with Gasteiger partial charge in [0.2, 0.25) is 10.0 Å². The van der Waals surface area contributed by atoms with Gasteiger partial charge in [0.1, 0.15) is 0 Å². The second-order valence-electron chi connectivity index (χ2n) is 4.14. The second-order valence-corrected chi connectivity index (χ2v) is 5.89. The van der Waals surface area contributed by atoms with Crippen LogP contribution < -0.4 is 4.72 Å². The van der Waals surface area contributed by atoms with Crippen LogP contribution in [0.15, 0.2) is 42.7 Å². The van der Waals surface area contributed by atoms with Gasteiger partial charge in [-0.1, -0.05) is 12.1 Å². The predicted octanol–water partition coefficient (Wildman–Crippen LogP) is 2.43. The molecule has 0 amide bonds. The molecule has 2 aromatic rings. The van der Waals surface area contributed by atoms with E-state index in [1.54, 1.807) is 24.5 Å². The van der Waals surface area contributed by atoms with Crippen LogP contribution in [0.4, 0.5) is 5.69 Å². The third kappa shape index (κ3) is 3.07. The van der Waals surface area contributed by atoms with E-state index in [1.165, 1.54) is 0 Å². The number of aryl methyl sites for hydroxylation is 1. The molecule has 1 heterocycles. The molecule has 0 aliphatic rings. The maximum Gasteiger partial charge on any atom is 0.229 e. The van der Waals surface area contributed by atoms with E-state index >= 15 is 0 Å². The molecule has 0 aliphatic heterocycles. The van der Waals surface area contributed by atoms with Crippen molar-refractivity contribution in [2.45, 2.75) is 6.92 Å². The molecule has 0 radical (unpaired) electrons. The Morgan fingerprint density at radius 2 is 1.78 bits per heavy atom. The van der Waals surface area contributed by atoms with Crippen molar-refractivity contribution in [3.8, 4) is 11.1 Å². The normalized spacial score (nSPS) is 11.2. The summed E-state index contributed by atoms with van der Waals surface area (Å²) in [5, 5.41) is 0. The minimum absolute atomic E-state index is 0.558. The quantitative estimate of drug-likeness (QED) is 0.924. The highest BCUT2D eigenvalue weighted by molar-refractivity contribution is 7.92. The highest BCUT2D eigenvalue weighted by Gasteiger charge is 2.04. The molecule has 0 saturated carbocycles. The molecule has 4 nitrogen and oxygen atoms in total. The average Bonchev–Trinajstić information content (AvgIpc) is 2.29. The van der Waals surface area contributed by atoms with E-state index in [-0.39, 0.29) is 0 Å². The number of pyridine rings is 1. The molecule has 0 aliphatic carbocycles. The summed E-state index contributed by atoms with van der Waals surface area (Å²) in [6.07, 6.45) is 4.68. The zero-order valence-electron chi connectivity index (χ0n) is 10.2. The standard InChI is InChI=1S/C13H14N2O2S/c1-10-7-8-14-9-13(10)11-3-5-12(6-4-11)15-18(2,16)17/h3-9,15H,1-2H3. The van der Waals surface area contributed by atoms with Crippen LogP contribution in [-0.2, 0) is 10.0 Å². The van der Waals surface area contributed by atoms with E-state index in [9.17, 15) is 8.42 Å². The van der Waals surface area contributed by atoms with Gasteiger partial charge in [0.15, 0.2) is 0 Å². The lowest BCUT2D eigenvalue weighted by Crippen LogP contribution is -2.09. The van der Waals surface area contributed by atoms with Crippen LogP contribution >= 0.6 is 0 Å². The van der Waals surface area contributed by atoms with Crippen molar-refractivity contribution in [1.82, 2.24) is 4.98 Å². The van der Waals surface area contributed by atoms with Crippen LogP contribution in [0.3, 0.4) is 0 Å². The van der Waals surface area contributed by atoms with E-state index in [4.69, 9.17) is 0 Å². The lowest BCUT2D eigenvalue weighted by atomic mass is 10.0. The first-order valence-electron chi connectivity index (χ1n) is 5.44. The van der Waals surface area contributed by atoms with E-state index < -0.39 is 10.0 Å². The number of sulfonamides is 1. The van der Waals surface area contributed by atoms with Crippen molar-refractivity contribution >= 4 is 15.7 Å². The van der Waals surface area contributed by atoms with Crippen molar-refractivity contribution < 1.29 is 8.42 Å². The second kappa shape index (κ2) is 4.78. The van der Waals surface area contributed by atoms with Crippen molar-refractivity contribution in [3.05, 3.63) is 48.3 Å². The number of anilines is 1. The van der Waals surface area contributed by atoms with Gasteiger partial charge in [-0.15, -0.1) is 0 Å². The van der Waals surface area contributed by atoms with Gasteiger partial charge >= 0.3 is 0 Å². The third-order valence-corrected chi connectivity index (χ3v) is 3.14. The van der Waals surface area contributed by atoms with Crippen LogP contribution in [0.5, 0.6) is 0 Å². The van der Waals surface area contributed by atoms with Crippen molar-refractivity contribution in [2.75, 3.05) is 11.0 Å². The Morgan fingerprint density at radius 1 is 1.11 bits per heavy atom. The van der Waals surface area contributed by atoms with Gasteiger partial charge in [0, 0.05) is 23.6 Å². The molecule has 5 heteroatoms. The maximum atomic E-state index is 11.1. The van der Waals surface area contributed by atoms with Crippen LogP contribution in [0.25, 0.3) is 11.1 Å². The van der Waals surface area contributed by atoms with E-state index in [0.717, 1.165) is 22.9 Å². The lowest BCUT2D eigenvalue weighted by Gasteiger charge is -2.07. The van der Waals surface area contributed by atoms with Crippen LogP contribution in [0.1, 0.15) is 5.56 Å². The summed E-state index contributed by atoms with van der Waals surface area (Å²) in [7, 11) is -3.23. The molecule has 0 bridgehead atoms. The van der Waals surface area contributed by atoms with Gasteiger partial charge in [0.05, 0.1) is 6.26 Å². The molecule has 0 fully saturated rings. The Balaban J connectivity index is 2.31. The summed E-state index contributed by atoms with van der Waals surface area (Å²) in [5.74, 6) is 0. The zero-order valence-corrected chi connectivity index (χ0v) is 11.0. The lowest BCUT2D eigenvalue weighted by molar-refractivity contribution is 0.607. The van der Waals surface area contributed by atoms with Gasteiger partial charge in [-0.05, 0) is 36.2 Å². The summed E-state index contributed by atoms with van der Waals surface area (Å²) in [4.78, 5) is 4.09. The molecular weight excluding hydrogens is 248 g/mol. The van der Waals surface area contributed by atoms with Crippen LogP contribution in [0, 0.1) is 6.92 Å². The fraction of sp³-hybridized carbons (Fsp3) is 0.154. The molecule has 94 valence electrons. The molecule has 18 heavy (non-hydrogen) atoms. The first-order chi connectivity index (χ1) is 8.46. The largest absolute Gasteiger partial charge is 0.284 e. The predicted molar refractivity (Wildman–Crippen MR) is 72.9 cm³/mol. The molecule has 0 spiro atoms. The summed E-state index contributed by atoms with van der Waals surface area (Å²) in [6.45, 7) is 2.01. The summed E-state index contributed by atoms with van der Waals surface area (Å²) < 4.78 is 24.6. The number of hydrogen-bond donors (Lipinski definition) is 1. The Labute approximate surface area is 107 Å². The van der Waals surface area contributed by atoms with Crippen LogP contribution in [0.2, 0.25) is 0 Å². The van der Waals surface area contributed by atoms with Crippen LogP contribution in [-0.4, -0.2) is 19.7 Å². The molecule has 2 rings (SSSR count). The minimum atomic E-state index is -3.23. The number of rotatable bonds is 3. The van der Waals surface area contributed by atoms with Crippen molar-refractivity contribution in [2.24, 2.45) is 0 Å². The Kier molecular flexibility index (Phi) is 3.34. The molecule has 0 unspecified atom stereocenters. The number of hydrogen-bond acceptors (Lipinski definition) is 3. The van der Waals surface area contributed by atoms with Gasteiger partial charge in [-0.2, -0.15) is 0 Å². The van der Waals surface area contributed by atoms with Crippen molar-refractivity contribution in [1.29, 1.82) is 0 Å². The molecule has 1 aromatic carbocycles. The Bertz CT molecular complexity index is 649. The molecule has 0 saturated heterocycles. The molecule has 1 N–H and O–H groups in total. The molecular formula is C13H14N2O2S. The van der Waals surface area contributed by atoms with E-state index in [1.807, 2.05) is 25.1 Å². The number of nitrogens with one attached hydrogen (secondary N) is 1. The van der Waals surface area contributed by atoms with Gasteiger partial charge < -0.3 is 0 Å². The summed E-state index contributed by atoms with van der Waals surface area (Å²) >= 11 is 0. The average molecular weight is 262 g/mol. The molecule has 0 atom stereocenters. The minimum Gasteiger partial charge on any atom is -0.284 e. The fourth-order valence-corrected chi connectivity index (χ4v) is 2.26. The topological polar surface area (TPSA) is 59.1 Å². The first kappa shape index (κ1) is 12.6. The first-order valence-corrected chi connectivity index (χ1v) is 7.34. The summed E-state index contributed by atoms with van der Waals surface area (Å²) in [6, 6.07) is 9.17. The van der Waals surface area contributed by atoms with Gasteiger partial charge in [-0.3, -0.25) is 9.71 Å². The van der Waals surface area contributed by atoms with Crippen molar-refractivity contribution in [3.63, 3.8) is 0 Å². The summed E-state index contributed by atoms with van der Waals surface area (Å²) in [5.41, 5.74) is 3.75. The zero-order chi connectivity index (χ0) is 13.2. The monoisotopic (exact) mass is 262 g/mol. The SMILES string of the molecule is Cc1ccncc1-c1ccc(NS(C)(=O)=O)cc1. The number of aromatic nitrogens is 1. The fourth-order valence-electron chi connectivity index (χ4n) is 1.70. The molecule has 1 aromatic heterocycles. The van der Waals surface area contributed by atoms with Gasteiger partial charge in [-0.25, -0.2) is 8.42 Å². The van der Waals surface area contributed by atoms with Gasteiger partial charge in [0.25, 0.3) is 0 Å². The number of nitrogens with zero attached hydrogens (tertiary/aromatic N) is 1. The Morgan fingerprint density at radius 3 is 2.33 bits per heavy atom. The highest BCUT2D eigenvalue weighted by atomic mass is 32.2. The number of benzene rings is 1. The smallest absolute Gasteiger partial charge is 0.229 e. The highest BCUT2D eigenvalue weighted by Crippen LogP contribution is 2.23. The van der Waals surface area contributed by atoms with E-state index in [0.29, 0.717) is 5.69 Å². The third-order valence-electron chi connectivity index (χ3n) is 2.54.